The fourth-order valence-electron chi connectivity index (χ4n) is 1.57. The van der Waals surface area contributed by atoms with Crippen molar-refractivity contribution < 1.29 is 4.74 Å². The molecule has 74 valence electrons. The first kappa shape index (κ1) is 9.81. The van der Waals surface area contributed by atoms with E-state index in [1.165, 1.54) is 0 Å². The molecule has 1 aromatic rings. The third-order valence-electron chi connectivity index (χ3n) is 2.28. The van der Waals surface area contributed by atoms with E-state index in [0.29, 0.717) is 15.9 Å². The number of ether oxygens (including phenoxy) is 1. The van der Waals surface area contributed by atoms with Gasteiger partial charge in [-0.3, -0.25) is 0 Å². The zero-order chi connectivity index (χ0) is 10.3. The van der Waals surface area contributed by atoms with Crippen LogP contribution in [0.3, 0.4) is 0 Å². The van der Waals surface area contributed by atoms with Crippen molar-refractivity contribution in [1.29, 1.82) is 0 Å². The van der Waals surface area contributed by atoms with Gasteiger partial charge in [-0.1, -0.05) is 23.2 Å². The Hall–Kier alpha value is -0.730. The van der Waals surface area contributed by atoms with E-state index in [-0.39, 0.29) is 6.04 Å². The molecule has 1 heterocycles. The van der Waals surface area contributed by atoms with Crippen molar-refractivity contribution in [2.45, 2.75) is 13.0 Å². The Morgan fingerprint density at radius 3 is 2.57 bits per heavy atom. The standard InChI is InChI=1S/C10H9Cl2NO/c1-5-6-3-8(11)9(12)4-7(6)10(13-5)14-2/h3-5H,1-2H3. The Morgan fingerprint density at radius 1 is 1.29 bits per heavy atom. The average Bonchev–Trinajstić information content (AvgIpc) is 2.45. The van der Waals surface area contributed by atoms with E-state index in [2.05, 4.69) is 4.99 Å². The smallest absolute Gasteiger partial charge is 0.216 e. The van der Waals surface area contributed by atoms with Gasteiger partial charge in [-0.25, -0.2) is 4.99 Å². The zero-order valence-electron chi connectivity index (χ0n) is 7.84. The maximum atomic E-state index is 5.92. The topological polar surface area (TPSA) is 21.6 Å². The minimum Gasteiger partial charge on any atom is -0.481 e. The third-order valence-corrected chi connectivity index (χ3v) is 3.00. The fourth-order valence-corrected chi connectivity index (χ4v) is 1.91. The first-order chi connectivity index (χ1) is 6.63. The molecule has 0 fully saturated rings. The number of fused-ring (bicyclic) bond motifs is 1. The predicted octanol–water partition coefficient (Wildman–Crippen LogP) is 3.46. The third kappa shape index (κ3) is 1.39. The summed E-state index contributed by atoms with van der Waals surface area (Å²) in [5.41, 5.74) is 2.01. The van der Waals surface area contributed by atoms with E-state index in [1.54, 1.807) is 13.2 Å². The molecule has 0 saturated heterocycles. The van der Waals surface area contributed by atoms with Crippen LogP contribution < -0.4 is 0 Å². The van der Waals surface area contributed by atoms with Gasteiger partial charge in [0.25, 0.3) is 0 Å². The van der Waals surface area contributed by atoms with Gasteiger partial charge >= 0.3 is 0 Å². The molecule has 0 aliphatic carbocycles. The van der Waals surface area contributed by atoms with Crippen molar-refractivity contribution in [1.82, 2.24) is 0 Å². The van der Waals surface area contributed by atoms with Gasteiger partial charge in [-0.2, -0.15) is 0 Å². The van der Waals surface area contributed by atoms with Crippen molar-refractivity contribution in [3.05, 3.63) is 33.3 Å². The number of methoxy groups -OCH3 is 1. The molecule has 4 heteroatoms. The molecule has 1 aliphatic heterocycles. The van der Waals surface area contributed by atoms with Gasteiger partial charge in [0.1, 0.15) is 0 Å². The van der Waals surface area contributed by atoms with E-state index in [0.717, 1.165) is 11.1 Å². The molecule has 0 radical (unpaired) electrons. The van der Waals surface area contributed by atoms with Crippen LogP contribution in [0.2, 0.25) is 10.0 Å². The van der Waals surface area contributed by atoms with Crippen LogP contribution in [-0.4, -0.2) is 13.0 Å². The van der Waals surface area contributed by atoms with Gasteiger partial charge in [-0.05, 0) is 24.6 Å². The van der Waals surface area contributed by atoms with Crippen LogP contribution in [0.15, 0.2) is 17.1 Å². The Balaban J connectivity index is 2.59. The number of rotatable bonds is 0. The Bertz CT molecular complexity index is 415. The van der Waals surface area contributed by atoms with Crippen LogP contribution in [0.1, 0.15) is 24.1 Å². The van der Waals surface area contributed by atoms with Crippen LogP contribution >= 0.6 is 23.2 Å². The first-order valence-electron chi connectivity index (χ1n) is 4.24. The van der Waals surface area contributed by atoms with Crippen molar-refractivity contribution in [3.63, 3.8) is 0 Å². The molecule has 0 amide bonds. The van der Waals surface area contributed by atoms with E-state index in [1.807, 2.05) is 13.0 Å². The lowest BCUT2D eigenvalue weighted by Gasteiger charge is -2.05. The lowest BCUT2D eigenvalue weighted by molar-refractivity contribution is 0.404. The van der Waals surface area contributed by atoms with E-state index in [4.69, 9.17) is 27.9 Å². The Morgan fingerprint density at radius 2 is 1.93 bits per heavy atom. The van der Waals surface area contributed by atoms with Crippen LogP contribution in [0.4, 0.5) is 0 Å². The lowest BCUT2D eigenvalue weighted by atomic mass is 10.1. The highest BCUT2D eigenvalue weighted by Crippen LogP contribution is 2.35. The fraction of sp³-hybridized carbons (Fsp3) is 0.300. The number of hydrogen-bond acceptors (Lipinski definition) is 2. The van der Waals surface area contributed by atoms with Gasteiger partial charge in [0, 0.05) is 5.56 Å². The molecule has 2 nitrogen and oxygen atoms in total. The van der Waals surface area contributed by atoms with Crippen LogP contribution in [0.5, 0.6) is 0 Å². The van der Waals surface area contributed by atoms with Crippen molar-refractivity contribution >= 4 is 29.1 Å². The van der Waals surface area contributed by atoms with Crippen molar-refractivity contribution in [3.8, 4) is 0 Å². The minimum absolute atomic E-state index is 0.0923. The normalized spacial score (nSPS) is 19.1. The summed E-state index contributed by atoms with van der Waals surface area (Å²) in [5, 5.41) is 1.09. The minimum atomic E-state index is 0.0923. The maximum absolute atomic E-state index is 5.92. The van der Waals surface area contributed by atoms with Crippen molar-refractivity contribution in [2.24, 2.45) is 4.99 Å². The first-order valence-corrected chi connectivity index (χ1v) is 5.00. The number of nitrogens with zero attached hydrogens (tertiary/aromatic N) is 1. The molecule has 1 atom stereocenters. The summed E-state index contributed by atoms with van der Waals surface area (Å²) in [7, 11) is 1.60. The lowest BCUT2D eigenvalue weighted by Crippen LogP contribution is -2.00. The second-order valence-corrected chi connectivity index (χ2v) is 3.98. The Labute approximate surface area is 92.5 Å². The summed E-state index contributed by atoms with van der Waals surface area (Å²) in [5.74, 6) is 0.631. The van der Waals surface area contributed by atoms with Crippen LogP contribution in [0, 0.1) is 0 Å². The van der Waals surface area contributed by atoms with Crippen LogP contribution in [0.25, 0.3) is 0 Å². The molecule has 0 spiro atoms. The van der Waals surface area contributed by atoms with Gasteiger partial charge in [-0.15, -0.1) is 0 Å². The molecule has 14 heavy (non-hydrogen) atoms. The molecule has 1 aliphatic rings. The summed E-state index contributed by atoms with van der Waals surface area (Å²) >= 11 is 11.8. The van der Waals surface area contributed by atoms with Crippen LogP contribution in [-0.2, 0) is 4.74 Å². The highest BCUT2D eigenvalue weighted by Gasteiger charge is 2.23. The monoisotopic (exact) mass is 229 g/mol. The Kier molecular flexibility index (Phi) is 2.41. The predicted molar refractivity (Wildman–Crippen MR) is 58.4 cm³/mol. The summed E-state index contributed by atoms with van der Waals surface area (Å²) in [6, 6.07) is 3.74. The highest BCUT2D eigenvalue weighted by molar-refractivity contribution is 6.42. The molecule has 0 bridgehead atoms. The maximum Gasteiger partial charge on any atom is 0.216 e. The molecule has 0 aromatic heterocycles. The molecule has 0 saturated carbocycles. The number of hydrogen-bond donors (Lipinski definition) is 0. The van der Waals surface area contributed by atoms with Gasteiger partial charge < -0.3 is 4.74 Å². The molecular weight excluding hydrogens is 221 g/mol. The van der Waals surface area contributed by atoms with Gasteiger partial charge in [0.15, 0.2) is 0 Å². The molecule has 1 unspecified atom stereocenters. The zero-order valence-corrected chi connectivity index (χ0v) is 9.36. The molecule has 1 aromatic carbocycles. The number of halogens is 2. The molecule has 0 N–H and O–H groups in total. The largest absolute Gasteiger partial charge is 0.481 e. The average molecular weight is 230 g/mol. The number of benzene rings is 1. The molecular formula is C10H9Cl2NO. The van der Waals surface area contributed by atoms with E-state index >= 15 is 0 Å². The SMILES string of the molecule is COC1=NC(C)c2cc(Cl)c(Cl)cc21. The summed E-state index contributed by atoms with van der Waals surface area (Å²) in [6.07, 6.45) is 0. The van der Waals surface area contributed by atoms with Gasteiger partial charge in [0.2, 0.25) is 5.90 Å². The second-order valence-electron chi connectivity index (χ2n) is 3.17. The number of aliphatic imine (C=N–C) groups is 1. The highest BCUT2D eigenvalue weighted by atomic mass is 35.5. The second kappa shape index (κ2) is 3.44. The van der Waals surface area contributed by atoms with Gasteiger partial charge in [0.05, 0.1) is 23.2 Å². The summed E-state index contributed by atoms with van der Waals surface area (Å²) < 4.78 is 5.15. The summed E-state index contributed by atoms with van der Waals surface area (Å²) in [4.78, 5) is 4.33. The van der Waals surface area contributed by atoms with E-state index < -0.39 is 0 Å². The molecule has 2 rings (SSSR count). The van der Waals surface area contributed by atoms with Crippen molar-refractivity contribution in [2.75, 3.05) is 7.11 Å². The quantitative estimate of drug-likeness (QED) is 0.668. The van der Waals surface area contributed by atoms with E-state index in [9.17, 15) is 0 Å². The summed E-state index contributed by atoms with van der Waals surface area (Å²) in [6.45, 7) is 2.00.